The quantitative estimate of drug-likeness (QED) is 0.775. The molecule has 0 spiro atoms. The van der Waals surface area contributed by atoms with Crippen molar-refractivity contribution in [2.75, 3.05) is 0 Å². The van der Waals surface area contributed by atoms with E-state index in [0.29, 0.717) is 5.92 Å². The van der Waals surface area contributed by atoms with Crippen molar-refractivity contribution < 1.29 is 4.79 Å². The molecule has 0 aliphatic rings. The number of amides is 1. The Morgan fingerprint density at radius 2 is 1.59 bits per heavy atom. The van der Waals surface area contributed by atoms with E-state index in [4.69, 9.17) is 0 Å². The lowest BCUT2D eigenvalue weighted by Crippen LogP contribution is -2.27. The largest absolute Gasteiger partial charge is 0.346 e. The van der Waals surface area contributed by atoms with E-state index >= 15 is 0 Å². The van der Waals surface area contributed by atoms with Crippen LogP contribution in [0.15, 0.2) is 66.7 Å². The van der Waals surface area contributed by atoms with Gasteiger partial charge in [0, 0.05) is 6.08 Å². The molecule has 0 unspecified atom stereocenters. The summed E-state index contributed by atoms with van der Waals surface area (Å²) < 4.78 is 0. The van der Waals surface area contributed by atoms with Gasteiger partial charge in [-0.2, -0.15) is 0 Å². The lowest BCUT2D eigenvalue weighted by molar-refractivity contribution is -0.117. The highest BCUT2D eigenvalue weighted by molar-refractivity contribution is 5.91. The molecule has 1 amide bonds. The summed E-state index contributed by atoms with van der Waals surface area (Å²) in [7, 11) is 0. The lowest BCUT2D eigenvalue weighted by atomic mass is 9.97. The predicted molar refractivity (Wildman–Crippen MR) is 92.3 cm³/mol. The van der Waals surface area contributed by atoms with Crippen molar-refractivity contribution in [1.29, 1.82) is 0 Å². The first-order chi connectivity index (χ1) is 10.6. The van der Waals surface area contributed by atoms with Gasteiger partial charge in [0.2, 0.25) is 5.91 Å². The van der Waals surface area contributed by atoms with Crippen molar-refractivity contribution in [2.45, 2.75) is 26.3 Å². The van der Waals surface area contributed by atoms with Crippen LogP contribution < -0.4 is 5.32 Å². The second kappa shape index (κ2) is 8.18. The minimum absolute atomic E-state index is 0.0501. The van der Waals surface area contributed by atoms with Crippen molar-refractivity contribution in [3.8, 4) is 0 Å². The molecule has 1 N–H and O–H groups in total. The van der Waals surface area contributed by atoms with Crippen LogP contribution in [0.3, 0.4) is 0 Å². The Morgan fingerprint density at radius 1 is 1.00 bits per heavy atom. The molecule has 0 saturated heterocycles. The summed E-state index contributed by atoms with van der Waals surface area (Å²) in [4.78, 5) is 12.2. The summed E-state index contributed by atoms with van der Waals surface area (Å²) in [5.74, 6) is 0.460. The van der Waals surface area contributed by atoms with Gasteiger partial charge in [-0.15, -0.1) is 0 Å². The topological polar surface area (TPSA) is 29.1 Å². The van der Waals surface area contributed by atoms with E-state index in [1.807, 2.05) is 54.6 Å². The van der Waals surface area contributed by atoms with Gasteiger partial charge in [0.25, 0.3) is 0 Å². The maximum Gasteiger partial charge on any atom is 0.244 e. The number of hydrogen-bond acceptors (Lipinski definition) is 1. The van der Waals surface area contributed by atoms with Crippen LogP contribution in [0.5, 0.6) is 0 Å². The van der Waals surface area contributed by atoms with E-state index in [-0.39, 0.29) is 11.9 Å². The number of nitrogens with one attached hydrogen (secondary N) is 1. The summed E-state index contributed by atoms with van der Waals surface area (Å²) in [5.41, 5.74) is 2.18. The first-order valence-corrected chi connectivity index (χ1v) is 7.73. The highest BCUT2D eigenvalue weighted by Gasteiger charge is 2.14. The molecule has 0 radical (unpaired) electrons. The average molecular weight is 293 g/mol. The van der Waals surface area contributed by atoms with Crippen LogP contribution >= 0.6 is 0 Å². The zero-order valence-electron chi connectivity index (χ0n) is 13.2. The zero-order valence-corrected chi connectivity index (χ0v) is 13.2. The fourth-order valence-corrected chi connectivity index (χ4v) is 2.39. The average Bonchev–Trinajstić information content (AvgIpc) is 2.54. The van der Waals surface area contributed by atoms with Crippen LogP contribution in [0, 0.1) is 5.92 Å². The van der Waals surface area contributed by atoms with Gasteiger partial charge in [-0.05, 0) is 29.5 Å². The summed E-state index contributed by atoms with van der Waals surface area (Å²) >= 11 is 0. The van der Waals surface area contributed by atoms with Crippen LogP contribution in [0.25, 0.3) is 6.08 Å². The SMILES string of the molecule is CC(C)C[C@H](NC(=O)/C=C/c1ccccc1)c1ccccc1. The summed E-state index contributed by atoms with van der Waals surface area (Å²) in [5, 5.41) is 3.11. The maximum absolute atomic E-state index is 12.2. The van der Waals surface area contributed by atoms with E-state index in [0.717, 1.165) is 17.5 Å². The molecule has 0 aromatic heterocycles. The van der Waals surface area contributed by atoms with Crippen LogP contribution in [0.4, 0.5) is 0 Å². The molecule has 0 fully saturated rings. The minimum Gasteiger partial charge on any atom is -0.346 e. The third-order valence-electron chi connectivity index (χ3n) is 3.45. The van der Waals surface area contributed by atoms with Gasteiger partial charge in [0.15, 0.2) is 0 Å². The second-order valence-corrected chi connectivity index (χ2v) is 5.85. The van der Waals surface area contributed by atoms with Crippen LogP contribution in [0.2, 0.25) is 0 Å². The van der Waals surface area contributed by atoms with Crippen molar-refractivity contribution >= 4 is 12.0 Å². The first kappa shape index (κ1) is 16.0. The number of benzene rings is 2. The Bertz CT molecular complexity index is 602. The lowest BCUT2D eigenvalue weighted by Gasteiger charge is -2.20. The van der Waals surface area contributed by atoms with Gasteiger partial charge >= 0.3 is 0 Å². The zero-order chi connectivity index (χ0) is 15.8. The molecule has 0 bridgehead atoms. The second-order valence-electron chi connectivity index (χ2n) is 5.85. The Kier molecular flexibility index (Phi) is 5.96. The monoisotopic (exact) mass is 293 g/mol. The Morgan fingerprint density at radius 3 is 2.18 bits per heavy atom. The first-order valence-electron chi connectivity index (χ1n) is 7.73. The van der Waals surface area contributed by atoms with E-state index in [1.165, 1.54) is 0 Å². The van der Waals surface area contributed by atoms with E-state index in [1.54, 1.807) is 6.08 Å². The molecular weight excluding hydrogens is 270 g/mol. The molecule has 0 aliphatic carbocycles. The minimum atomic E-state index is -0.0571. The normalized spacial score (nSPS) is 12.5. The van der Waals surface area contributed by atoms with Crippen LogP contribution in [-0.4, -0.2) is 5.91 Å². The van der Waals surface area contributed by atoms with Gasteiger partial charge in [-0.1, -0.05) is 74.5 Å². The summed E-state index contributed by atoms with van der Waals surface area (Å²) in [6, 6.07) is 20.0. The third kappa shape index (κ3) is 5.21. The van der Waals surface area contributed by atoms with Gasteiger partial charge < -0.3 is 5.32 Å². The number of rotatable bonds is 6. The Labute approximate surface area is 132 Å². The van der Waals surface area contributed by atoms with Gasteiger partial charge in [-0.25, -0.2) is 0 Å². The van der Waals surface area contributed by atoms with Gasteiger partial charge in [0.1, 0.15) is 0 Å². The van der Waals surface area contributed by atoms with Crippen LogP contribution in [0.1, 0.15) is 37.4 Å². The highest BCUT2D eigenvalue weighted by atomic mass is 16.1. The number of carbonyl (C=O) groups excluding carboxylic acids is 1. The number of hydrogen-bond donors (Lipinski definition) is 1. The van der Waals surface area contributed by atoms with Crippen molar-refractivity contribution in [1.82, 2.24) is 5.32 Å². The van der Waals surface area contributed by atoms with Crippen molar-refractivity contribution in [3.63, 3.8) is 0 Å². The molecule has 22 heavy (non-hydrogen) atoms. The molecular formula is C20H23NO. The molecule has 1 atom stereocenters. The summed E-state index contributed by atoms with van der Waals surface area (Å²) in [6.45, 7) is 4.34. The molecule has 2 rings (SSSR count). The molecule has 0 aliphatic heterocycles. The van der Waals surface area contributed by atoms with E-state index < -0.39 is 0 Å². The van der Waals surface area contributed by atoms with Gasteiger partial charge in [0.05, 0.1) is 6.04 Å². The fraction of sp³-hybridized carbons (Fsp3) is 0.250. The molecule has 2 heteroatoms. The molecule has 2 nitrogen and oxygen atoms in total. The number of carbonyl (C=O) groups is 1. The molecule has 114 valence electrons. The fourth-order valence-electron chi connectivity index (χ4n) is 2.39. The molecule has 2 aromatic carbocycles. The standard InChI is InChI=1S/C20H23NO/c1-16(2)15-19(18-11-7-4-8-12-18)21-20(22)14-13-17-9-5-3-6-10-17/h3-14,16,19H,15H2,1-2H3,(H,21,22)/b14-13+/t19-/m0/s1. The van der Waals surface area contributed by atoms with E-state index in [9.17, 15) is 4.79 Å². The third-order valence-corrected chi connectivity index (χ3v) is 3.45. The van der Waals surface area contributed by atoms with Gasteiger partial charge in [-0.3, -0.25) is 4.79 Å². The molecule has 0 saturated carbocycles. The highest BCUT2D eigenvalue weighted by Crippen LogP contribution is 2.21. The van der Waals surface area contributed by atoms with E-state index in [2.05, 4.69) is 31.3 Å². The predicted octanol–water partition coefficient (Wildman–Crippen LogP) is 4.60. The Balaban J connectivity index is 2.04. The van der Waals surface area contributed by atoms with Crippen molar-refractivity contribution in [3.05, 3.63) is 77.9 Å². The Hall–Kier alpha value is -2.35. The van der Waals surface area contributed by atoms with Crippen LogP contribution in [-0.2, 0) is 4.79 Å². The maximum atomic E-state index is 12.2. The van der Waals surface area contributed by atoms with Crippen molar-refractivity contribution in [2.24, 2.45) is 5.92 Å². The summed E-state index contributed by atoms with van der Waals surface area (Å²) in [6.07, 6.45) is 4.37. The molecule has 2 aromatic rings. The smallest absolute Gasteiger partial charge is 0.244 e. The molecule has 0 heterocycles.